The highest BCUT2D eigenvalue weighted by molar-refractivity contribution is 7.97. The van der Waals surface area contributed by atoms with Crippen molar-refractivity contribution in [1.82, 2.24) is 0 Å². The van der Waals surface area contributed by atoms with Gasteiger partial charge in [0.15, 0.2) is 0 Å². The number of alkyl halides is 6. The third-order valence-electron chi connectivity index (χ3n) is 3.21. The molecule has 0 fully saturated rings. The molecule has 0 aromatic heterocycles. The van der Waals surface area contributed by atoms with Crippen LogP contribution in [0.2, 0.25) is 0 Å². The fourth-order valence-corrected chi connectivity index (χ4v) is 2.98. The Hall–Kier alpha value is -1.77. The topological polar surface area (TPSA) is 0 Å². The molecule has 2 rings (SSSR count). The minimum absolute atomic E-state index is 0.0298. The Labute approximate surface area is 141 Å². The smallest absolute Gasteiger partial charge is 0.206 e. The van der Waals surface area contributed by atoms with E-state index in [4.69, 9.17) is 0 Å². The standard InChI is InChI=1S/C16H10F8S/c17-13-3-1-9(5-11(13)15(19,20)21)7-25-8-10-2-4-14(18)12(6-10)16(22,23)24/h1-6H,7-8H2. The first kappa shape index (κ1) is 19.6. The van der Waals surface area contributed by atoms with E-state index in [0.29, 0.717) is 24.3 Å². The average molecular weight is 386 g/mol. The van der Waals surface area contributed by atoms with E-state index in [2.05, 4.69) is 0 Å². The minimum atomic E-state index is -4.83. The third kappa shape index (κ3) is 5.10. The summed E-state index contributed by atoms with van der Waals surface area (Å²) in [6.45, 7) is 0. The van der Waals surface area contributed by atoms with Crippen molar-refractivity contribution in [3.05, 3.63) is 70.3 Å². The van der Waals surface area contributed by atoms with Gasteiger partial charge in [-0.2, -0.15) is 38.1 Å². The van der Waals surface area contributed by atoms with E-state index in [0.717, 1.165) is 11.8 Å². The molecule has 0 nitrogen and oxygen atoms in total. The second-order valence-corrected chi connectivity index (χ2v) is 6.10. The second kappa shape index (κ2) is 7.23. The Morgan fingerprint density at radius 3 is 1.32 bits per heavy atom. The van der Waals surface area contributed by atoms with E-state index in [1.807, 2.05) is 0 Å². The second-order valence-electron chi connectivity index (χ2n) is 5.12. The maximum absolute atomic E-state index is 13.2. The molecule has 0 atom stereocenters. The minimum Gasteiger partial charge on any atom is -0.206 e. The Morgan fingerprint density at radius 1 is 0.640 bits per heavy atom. The normalized spacial score (nSPS) is 12.5. The van der Waals surface area contributed by atoms with Gasteiger partial charge in [-0.3, -0.25) is 0 Å². The average Bonchev–Trinajstić information content (AvgIpc) is 2.48. The number of hydrogen-bond donors (Lipinski definition) is 0. The predicted octanol–water partition coefficient (Wildman–Crippen LogP) is 6.44. The molecule has 0 spiro atoms. The van der Waals surface area contributed by atoms with E-state index in [1.54, 1.807) is 0 Å². The van der Waals surface area contributed by atoms with Crippen molar-refractivity contribution in [1.29, 1.82) is 0 Å². The first-order valence-corrected chi connectivity index (χ1v) is 7.93. The molecule has 0 bridgehead atoms. The van der Waals surface area contributed by atoms with Crippen molar-refractivity contribution in [3.63, 3.8) is 0 Å². The van der Waals surface area contributed by atoms with E-state index in [-0.39, 0.29) is 22.6 Å². The van der Waals surface area contributed by atoms with Crippen LogP contribution in [-0.2, 0) is 23.9 Å². The van der Waals surface area contributed by atoms with Crippen molar-refractivity contribution in [2.75, 3.05) is 0 Å². The molecule has 0 aliphatic heterocycles. The van der Waals surface area contributed by atoms with Gasteiger partial charge in [-0.1, -0.05) is 12.1 Å². The Bertz CT molecular complexity index is 685. The molecule has 136 valence electrons. The molecule has 0 amide bonds. The highest BCUT2D eigenvalue weighted by Crippen LogP contribution is 2.34. The summed E-state index contributed by atoms with van der Waals surface area (Å²) in [4.78, 5) is 0. The molecule has 0 N–H and O–H groups in total. The number of rotatable bonds is 4. The van der Waals surface area contributed by atoms with Gasteiger partial charge in [0, 0.05) is 11.5 Å². The maximum Gasteiger partial charge on any atom is 0.419 e. The summed E-state index contributed by atoms with van der Waals surface area (Å²) >= 11 is 1.03. The monoisotopic (exact) mass is 386 g/mol. The number of benzene rings is 2. The van der Waals surface area contributed by atoms with Crippen LogP contribution in [-0.4, -0.2) is 0 Å². The Kier molecular flexibility index (Phi) is 5.65. The fraction of sp³-hybridized carbons (Fsp3) is 0.250. The van der Waals surface area contributed by atoms with E-state index in [1.165, 1.54) is 12.1 Å². The summed E-state index contributed by atoms with van der Waals surface area (Å²) < 4.78 is 102. The number of thioether (sulfide) groups is 1. The molecule has 0 unspecified atom stereocenters. The predicted molar refractivity (Wildman–Crippen MR) is 77.8 cm³/mol. The molecule has 2 aromatic carbocycles. The summed E-state index contributed by atoms with van der Waals surface area (Å²) in [6, 6.07) is 5.05. The van der Waals surface area contributed by atoms with Crippen LogP contribution >= 0.6 is 11.8 Å². The van der Waals surface area contributed by atoms with Gasteiger partial charge in [0.1, 0.15) is 11.6 Å². The van der Waals surface area contributed by atoms with Gasteiger partial charge < -0.3 is 0 Å². The van der Waals surface area contributed by atoms with Gasteiger partial charge >= 0.3 is 12.4 Å². The molecule has 0 radical (unpaired) electrons. The third-order valence-corrected chi connectivity index (χ3v) is 4.28. The van der Waals surface area contributed by atoms with Crippen molar-refractivity contribution in [2.45, 2.75) is 23.9 Å². The van der Waals surface area contributed by atoms with Crippen LogP contribution in [0.15, 0.2) is 36.4 Å². The zero-order valence-corrected chi connectivity index (χ0v) is 13.1. The molecule has 9 heteroatoms. The van der Waals surface area contributed by atoms with Crippen LogP contribution in [0.4, 0.5) is 35.1 Å². The molecule has 0 saturated carbocycles. The largest absolute Gasteiger partial charge is 0.419 e. The first-order chi connectivity index (χ1) is 11.5. The summed E-state index contributed by atoms with van der Waals surface area (Å²) in [5, 5.41) is 0. The molecule has 25 heavy (non-hydrogen) atoms. The zero-order chi connectivity index (χ0) is 18.8. The Balaban J connectivity index is 2.07. The van der Waals surface area contributed by atoms with Crippen molar-refractivity contribution < 1.29 is 35.1 Å². The van der Waals surface area contributed by atoms with Crippen LogP contribution in [0.25, 0.3) is 0 Å². The van der Waals surface area contributed by atoms with Crippen molar-refractivity contribution >= 4 is 11.8 Å². The van der Waals surface area contributed by atoms with Gasteiger partial charge in [-0.15, -0.1) is 0 Å². The highest BCUT2D eigenvalue weighted by Gasteiger charge is 2.35. The van der Waals surface area contributed by atoms with Crippen molar-refractivity contribution in [2.24, 2.45) is 0 Å². The van der Waals surface area contributed by atoms with E-state index < -0.39 is 35.1 Å². The van der Waals surface area contributed by atoms with E-state index >= 15 is 0 Å². The van der Waals surface area contributed by atoms with Gasteiger partial charge in [0.05, 0.1) is 11.1 Å². The lowest BCUT2D eigenvalue weighted by Gasteiger charge is -2.11. The fourth-order valence-electron chi connectivity index (χ4n) is 2.05. The lowest BCUT2D eigenvalue weighted by Crippen LogP contribution is -2.09. The van der Waals surface area contributed by atoms with Crippen LogP contribution in [0.1, 0.15) is 22.3 Å². The lowest BCUT2D eigenvalue weighted by molar-refractivity contribution is -0.140. The molecule has 0 aliphatic rings. The van der Waals surface area contributed by atoms with Crippen molar-refractivity contribution in [3.8, 4) is 0 Å². The van der Waals surface area contributed by atoms with Gasteiger partial charge in [0.25, 0.3) is 0 Å². The Morgan fingerprint density at radius 2 is 1.00 bits per heavy atom. The molecular formula is C16H10F8S. The number of hydrogen-bond acceptors (Lipinski definition) is 1. The zero-order valence-electron chi connectivity index (χ0n) is 12.3. The van der Waals surface area contributed by atoms with Crippen LogP contribution in [0.3, 0.4) is 0 Å². The van der Waals surface area contributed by atoms with Gasteiger partial charge in [-0.05, 0) is 35.4 Å². The maximum atomic E-state index is 13.2. The molecular weight excluding hydrogens is 376 g/mol. The summed E-state index contributed by atoms with van der Waals surface area (Å²) in [5.74, 6) is -2.73. The molecule has 0 aliphatic carbocycles. The summed E-state index contributed by atoms with van der Waals surface area (Å²) in [5.41, 5.74) is -2.44. The van der Waals surface area contributed by atoms with E-state index in [9.17, 15) is 35.1 Å². The molecule has 0 heterocycles. The van der Waals surface area contributed by atoms with Gasteiger partial charge in [-0.25, -0.2) is 8.78 Å². The highest BCUT2D eigenvalue weighted by atomic mass is 32.2. The first-order valence-electron chi connectivity index (χ1n) is 6.77. The van der Waals surface area contributed by atoms with Crippen LogP contribution < -0.4 is 0 Å². The molecule has 0 saturated heterocycles. The van der Waals surface area contributed by atoms with Crippen LogP contribution in [0, 0.1) is 11.6 Å². The summed E-state index contributed by atoms with van der Waals surface area (Å²) in [6.07, 6.45) is -9.66. The van der Waals surface area contributed by atoms with Gasteiger partial charge in [0.2, 0.25) is 0 Å². The molecule has 2 aromatic rings. The lowest BCUT2D eigenvalue weighted by atomic mass is 10.1. The summed E-state index contributed by atoms with van der Waals surface area (Å²) in [7, 11) is 0. The van der Waals surface area contributed by atoms with Crippen LogP contribution in [0.5, 0.6) is 0 Å². The number of halogens is 8. The SMILES string of the molecule is Fc1ccc(CSCc2ccc(F)c(C(F)(F)F)c2)cc1C(F)(F)F. The quantitative estimate of drug-likeness (QED) is 0.545.